The average molecular weight is 238 g/mol. The fourth-order valence-electron chi connectivity index (χ4n) is 1.24. The Hall–Kier alpha value is -1.73. The maximum Gasteiger partial charge on any atom is 0.280 e. The Kier molecular flexibility index (Phi) is 3.84. The molecule has 7 nitrogen and oxygen atoms in total. The average Bonchev–Trinajstić information content (AvgIpc) is 3.00. The lowest BCUT2D eigenvalue weighted by Gasteiger charge is -2.06. The van der Waals surface area contributed by atoms with Gasteiger partial charge in [-0.3, -0.25) is 0 Å². The van der Waals surface area contributed by atoms with Gasteiger partial charge in [0.1, 0.15) is 6.26 Å². The molecule has 2 aromatic heterocycles. The van der Waals surface area contributed by atoms with Crippen molar-refractivity contribution in [1.29, 1.82) is 0 Å². The first-order chi connectivity index (χ1) is 8.31. The van der Waals surface area contributed by atoms with Crippen LogP contribution < -0.4 is 5.73 Å². The highest BCUT2D eigenvalue weighted by Crippen LogP contribution is 2.16. The highest BCUT2D eigenvalue weighted by molar-refractivity contribution is 5.43. The number of nitrogens with two attached hydrogens (primary N) is 1. The third-order valence-corrected chi connectivity index (χ3v) is 2.08. The second kappa shape index (κ2) is 5.55. The van der Waals surface area contributed by atoms with Gasteiger partial charge in [-0.1, -0.05) is 17.2 Å². The molecule has 2 heterocycles. The lowest BCUT2D eigenvalue weighted by Crippen LogP contribution is -2.18. The molecule has 0 aliphatic heterocycles. The summed E-state index contributed by atoms with van der Waals surface area (Å²) < 4.78 is 15.0. The first-order valence-corrected chi connectivity index (χ1v) is 5.39. The first-order valence-electron chi connectivity index (χ1n) is 5.39. The van der Waals surface area contributed by atoms with Gasteiger partial charge < -0.3 is 19.5 Å². The van der Waals surface area contributed by atoms with Gasteiger partial charge in [0.15, 0.2) is 11.5 Å². The Labute approximate surface area is 97.9 Å². The molecule has 0 spiro atoms. The maximum atomic E-state index is 5.85. The quantitative estimate of drug-likeness (QED) is 0.753. The molecule has 7 heteroatoms. The topological polar surface area (TPSA) is 100 Å². The van der Waals surface area contributed by atoms with Crippen LogP contribution in [0.1, 0.15) is 25.2 Å². The van der Waals surface area contributed by atoms with Crippen LogP contribution >= 0.6 is 0 Å². The van der Waals surface area contributed by atoms with Crippen molar-refractivity contribution in [2.24, 2.45) is 5.73 Å². The minimum Gasteiger partial charge on any atom is -0.379 e. The van der Waals surface area contributed by atoms with Crippen LogP contribution in [0, 0.1) is 0 Å². The molecule has 2 aromatic rings. The van der Waals surface area contributed by atoms with Crippen LogP contribution in [0.15, 0.2) is 21.4 Å². The van der Waals surface area contributed by atoms with E-state index in [0.29, 0.717) is 30.6 Å². The van der Waals surface area contributed by atoms with E-state index in [0.717, 1.165) is 6.42 Å². The van der Waals surface area contributed by atoms with Crippen molar-refractivity contribution in [3.63, 3.8) is 0 Å². The first kappa shape index (κ1) is 11.7. The van der Waals surface area contributed by atoms with Crippen LogP contribution in [0.4, 0.5) is 0 Å². The zero-order valence-corrected chi connectivity index (χ0v) is 9.50. The lowest BCUT2D eigenvalue weighted by molar-refractivity contribution is 0.119. The Morgan fingerprint density at radius 3 is 3.06 bits per heavy atom. The Morgan fingerprint density at radius 1 is 1.47 bits per heavy atom. The summed E-state index contributed by atoms with van der Waals surface area (Å²) in [6, 6.07) is 1.24. The smallest absolute Gasteiger partial charge is 0.280 e. The van der Waals surface area contributed by atoms with E-state index >= 15 is 0 Å². The van der Waals surface area contributed by atoms with Crippen molar-refractivity contribution in [3.8, 4) is 11.6 Å². The molecule has 17 heavy (non-hydrogen) atoms. The van der Waals surface area contributed by atoms with Crippen molar-refractivity contribution < 1.29 is 13.8 Å². The predicted molar refractivity (Wildman–Crippen MR) is 57.8 cm³/mol. The second-order valence-electron chi connectivity index (χ2n) is 3.52. The fraction of sp³-hybridized carbons (Fsp3) is 0.500. The molecular formula is C10H14N4O3. The van der Waals surface area contributed by atoms with E-state index in [9.17, 15) is 0 Å². The molecule has 0 aromatic carbocycles. The predicted octanol–water partition coefficient (Wildman–Crippen LogP) is 1.15. The van der Waals surface area contributed by atoms with E-state index in [1.807, 2.05) is 6.92 Å². The maximum absolute atomic E-state index is 5.85. The normalized spacial score (nSPS) is 12.8. The van der Waals surface area contributed by atoms with E-state index in [1.54, 1.807) is 6.07 Å². The van der Waals surface area contributed by atoms with Crippen molar-refractivity contribution in [2.75, 3.05) is 13.2 Å². The lowest BCUT2D eigenvalue weighted by atomic mass is 10.3. The third-order valence-electron chi connectivity index (χ3n) is 2.08. The standard InChI is InChI=1S/C10H14N4O3/c1-2-4-15-6-7(11)9-12-10(17-14-9)8-3-5-16-13-8/h3,5,7H,2,4,6,11H2,1H3. The van der Waals surface area contributed by atoms with Gasteiger partial charge in [0.05, 0.1) is 12.6 Å². The van der Waals surface area contributed by atoms with Crippen LogP contribution in [-0.4, -0.2) is 28.5 Å². The SMILES string of the molecule is CCCOCC(N)c1noc(-c2ccon2)n1. The Bertz CT molecular complexity index is 440. The van der Waals surface area contributed by atoms with Gasteiger partial charge in [-0.2, -0.15) is 4.98 Å². The van der Waals surface area contributed by atoms with Crippen LogP contribution in [0.25, 0.3) is 11.6 Å². The van der Waals surface area contributed by atoms with Gasteiger partial charge in [-0.05, 0) is 6.42 Å². The molecule has 0 aliphatic carbocycles. The molecule has 0 fully saturated rings. The molecule has 0 saturated carbocycles. The van der Waals surface area contributed by atoms with Crippen molar-refractivity contribution in [1.82, 2.24) is 15.3 Å². The molecule has 1 atom stereocenters. The monoisotopic (exact) mass is 238 g/mol. The van der Waals surface area contributed by atoms with Gasteiger partial charge in [0, 0.05) is 12.7 Å². The van der Waals surface area contributed by atoms with Crippen LogP contribution in [0.3, 0.4) is 0 Å². The molecular weight excluding hydrogens is 224 g/mol. The molecule has 0 saturated heterocycles. The molecule has 1 unspecified atom stereocenters. The molecule has 2 rings (SSSR count). The van der Waals surface area contributed by atoms with E-state index in [4.69, 9.17) is 15.0 Å². The largest absolute Gasteiger partial charge is 0.379 e. The fourth-order valence-corrected chi connectivity index (χ4v) is 1.24. The van der Waals surface area contributed by atoms with E-state index in [-0.39, 0.29) is 0 Å². The van der Waals surface area contributed by atoms with Gasteiger partial charge in [-0.15, -0.1) is 0 Å². The molecule has 92 valence electrons. The summed E-state index contributed by atoms with van der Waals surface area (Å²) in [5.41, 5.74) is 6.34. The summed E-state index contributed by atoms with van der Waals surface area (Å²) in [6.45, 7) is 3.07. The third kappa shape index (κ3) is 2.89. The molecule has 0 bridgehead atoms. The summed E-state index contributed by atoms with van der Waals surface area (Å²) in [4.78, 5) is 4.13. The van der Waals surface area contributed by atoms with Gasteiger partial charge in [-0.25, -0.2) is 0 Å². The van der Waals surface area contributed by atoms with Gasteiger partial charge in [0.25, 0.3) is 5.89 Å². The van der Waals surface area contributed by atoms with Crippen molar-refractivity contribution in [2.45, 2.75) is 19.4 Å². The number of nitrogens with zero attached hydrogens (tertiary/aromatic N) is 3. The Morgan fingerprint density at radius 2 is 2.35 bits per heavy atom. The minimum absolute atomic E-state index is 0.291. The summed E-state index contributed by atoms with van der Waals surface area (Å²) in [5, 5.41) is 7.47. The number of hydrogen-bond donors (Lipinski definition) is 1. The minimum atomic E-state index is -0.397. The second-order valence-corrected chi connectivity index (χ2v) is 3.52. The van der Waals surface area contributed by atoms with E-state index in [2.05, 4.69) is 19.8 Å². The molecule has 0 radical (unpaired) electrons. The number of rotatable bonds is 6. The summed E-state index contributed by atoms with van der Waals surface area (Å²) in [7, 11) is 0. The summed E-state index contributed by atoms with van der Waals surface area (Å²) in [6.07, 6.45) is 2.38. The van der Waals surface area contributed by atoms with Crippen molar-refractivity contribution >= 4 is 0 Å². The van der Waals surface area contributed by atoms with Gasteiger partial charge >= 0.3 is 0 Å². The molecule has 2 N–H and O–H groups in total. The number of aromatic nitrogens is 3. The molecule has 0 aliphatic rings. The summed E-state index contributed by atoms with van der Waals surface area (Å²) >= 11 is 0. The van der Waals surface area contributed by atoms with Crippen LogP contribution in [0.5, 0.6) is 0 Å². The number of hydrogen-bond acceptors (Lipinski definition) is 7. The van der Waals surface area contributed by atoms with Crippen molar-refractivity contribution in [3.05, 3.63) is 18.2 Å². The van der Waals surface area contributed by atoms with Crippen LogP contribution in [-0.2, 0) is 4.74 Å². The summed E-state index contributed by atoms with van der Waals surface area (Å²) in [5.74, 6) is 0.693. The zero-order chi connectivity index (χ0) is 12.1. The van der Waals surface area contributed by atoms with E-state index in [1.165, 1.54) is 6.26 Å². The highest BCUT2D eigenvalue weighted by Gasteiger charge is 2.16. The number of ether oxygens (including phenoxy) is 1. The highest BCUT2D eigenvalue weighted by atomic mass is 16.5. The zero-order valence-electron chi connectivity index (χ0n) is 9.50. The molecule has 0 amide bonds. The van der Waals surface area contributed by atoms with Crippen LogP contribution in [0.2, 0.25) is 0 Å². The van der Waals surface area contributed by atoms with Gasteiger partial charge in [0.2, 0.25) is 0 Å². The van der Waals surface area contributed by atoms with E-state index < -0.39 is 6.04 Å². The Balaban J connectivity index is 1.98.